The summed E-state index contributed by atoms with van der Waals surface area (Å²) in [7, 11) is 8.28. The number of aromatic nitrogens is 12. The van der Waals surface area contributed by atoms with Crippen LogP contribution in [0, 0.1) is 57.4 Å². The molecule has 579 valence electrons. The number of pyridine rings is 4. The summed E-state index contributed by atoms with van der Waals surface area (Å²) in [5.74, 6) is 0.274. The number of nitrogens with zero attached hydrogens (tertiary/aromatic N) is 12. The number of fused-ring (bicyclic) bond motifs is 8. The van der Waals surface area contributed by atoms with Crippen LogP contribution >= 0.6 is 58.9 Å². The Kier molecular flexibility index (Phi) is 27.6. The van der Waals surface area contributed by atoms with Gasteiger partial charge in [-0.1, -0.05) is 89.8 Å². The third-order valence-corrected chi connectivity index (χ3v) is 21.7. The molecule has 1 aliphatic heterocycles. The van der Waals surface area contributed by atoms with Gasteiger partial charge in [-0.05, 0) is 256 Å². The molecule has 1 saturated heterocycles. The first-order valence-electron chi connectivity index (χ1n) is 38.1. The summed E-state index contributed by atoms with van der Waals surface area (Å²) >= 11 is 18.3. The fourth-order valence-corrected chi connectivity index (χ4v) is 16.1. The molecule has 16 aromatic rings. The van der Waals surface area contributed by atoms with E-state index in [1.807, 2.05) is 145 Å². The van der Waals surface area contributed by atoms with Gasteiger partial charge in [0.15, 0.2) is 5.82 Å². The topological polar surface area (TPSA) is 164 Å². The third kappa shape index (κ3) is 20.0. The summed E-state index contributed by atoms with van der Waals surface area (Å²) in [4.78, 5) is 17.3. The van der Waals surface area contributed by atoms with E-state index in [0.29, 0.717) is 57.0 Å². The van der Waals surface area contributed by atoms with Crippen molar-refractivity contribution < 1.29 is 42.0 Å². The fourth-order valence-electron chi connectivity index (χ4n) is 15.4. The molecule has 0 spiro atoms. The molecule has 15 nitrogen and oxygen atoms in total. The Hall–Kier alpha value is -8.80. The van der Waals surface area contributed by atoms with Crippen LogP contribution in [0.4, 0.5) is 17.6 Å². The average Bonchev–Trinajstić information content (AvgIpc) is 1.25. The number of piperidine rings is 1. The van der Waals surface area contributed by atoms with Gasteiger partial charge in [-0.15, -0.1) is 0 Å². The van der Waals surface area contributed by atoms with Crippen LogP contribution in [-0.4, -0.2) is 84.9 Å². The first-order valence-corrected chi connectivity index (χ1v) is 48.7. The minimum atomic E-state index is -0.371. The predicted octanol–water partition coefficient (Wildman–Crippen LogP) is 23.5. The zero-order chi connectivity index (χ0) is 80.4. The number of hydrogen-bond donors (Lipinski definition) is 2. The maximum absolute atomic E-state index is 15.0. The molecular weight excluding hydrogens is 1710 g/mol. The number of halogens is 8. The first-order chi connectivity index (χ1) is 55.0. The Labute approximate surface area is 699 Å². The van der Waals surface area contributed by atoms with Crippen molar-refractivity contribution in [2.45, 2.75) is 117 Å². The molecule has 0 amide bonds. The summed E-state index contributed by atoms with van der Waals surface area (Å²) < 4.78 is 70.5. The Morgan fingerprint density at radius 3 is 1.14 bits per heavy atom. The zero-order valence-electron chi connectivity index (χ0n) is 64.8. The van der Waals surface area contributed by atoms with Gasteiger partial charge in [0.2, 0.25) is 0 Å². The van der Waals surface area contributed by atoms with Crippen LogP contribution in [0.15, 0.2) is 175 Å². The van der Waals surface area contributed by atoms with Crippen LogP contribution in [0.3, 0.4) is 0 Å². The summed E-state index contributed by atoms with van der Waals surface area (Å²) in [6, 6.07) is 45.0. The number of benzene rings is 8. The van der Waals surface area contributed by atoms with Crippen LogP contribution in [0.25, 0.3) is 121 Å². The standard InChI is InChI=1S/C24H24FN3.C23H23FN4.C18H13ClFN3.C9H10BN2O2.C9H4BrClFN.C6H11.HI.Zn/c1-15-10-18(12-20-14-28(2)27-23(15)20)19-11-17-8-9-22(16-6-4-3-5-7-16)26-24(17)21(25)13-19;1-14-9-17(11-19-13-28(2)27-22(14)19)18-10-16-3-4-21(15-5-7-25-8-6-15)26-23(16)20(24)12-18;1-10-5-12(7-14-9-23(2)22-17(10)14)13-6-11-3-4-16(19)21-18(11)15(20)8-13;1-6-3-8(14-10-13)4-7-5-12(2)11-9(6)7;10-6-3-5-1-2-8(11)13-9(5)7(12)4-6;1-2-4-6-5-3-1;;/h8-14,16H,3-7H2,1-2H3;3-4,9-13,15,25H,5-8H2,1-2H3;3-9H,1-2H3;3-5,13H,1-2H3;1-4H;1H,2-6H2;1H;/q;;;;;-1;;+2/p-1. The Balaban J connectivity index is 0.000000124. The average molecular weight is 1800 g/mol. The van der Waals surface area contributed by atoms with Crippen molar-refractivity contribution in [2.24, 2.45) is 28.2 Å². The van der Waals surface area contributed by atoms with E-state index in [4.69, 9.17) is 37.9 Å². The molecule has 1 radical (unpaired) electrons. The first kappa shape index (κ1) is 83.2. The van der Waals surface area contributed by atoms with E-state index in [9.17, 15) is 8.78 Å². The van der Waals surface area contributed by atoms with Crippen molar-refractivity contribution in [1.82, 2.24) is 64.4 Å². The van der Waals surface area contributed by atoms with Crippen LogP contribution in [0.2, 0.25) is 10.3 Å². The van der Waals surface area contributed by atoms with Gasteiger partial charge in [-0.25, -0.2) is 37.5 Å². The number of nitrogens with one attached hydrogen (secondary N) is 1. The SMILES string of the molecule is Cc1cc(-c2cc(F)c3nc(C4CCCCC4)ccc3c2)cc2cn(C)nc12.Cc1cc(-c2cc(F)c3nc(C4CCNCC4)ccc3c2)cc2cn(C)nc12.Cc1cc(-c2cc(F)c3nc(Cl)ccc3c2)cc2cn(C)nc12.Cc1cc(O[B]O)cc2cn(C)nc12.Fc1cc(Br)cc2ccc(Cl)nc12.[CH-]1CCCCC1.[Zn+][I]. The van der Waals surface area contributed by atoms with Crippen LogP contribution in [0.1, 0.15) is 123 Å². The molecule has 0 unspecified atom stereocenters. The molecule has 2 N–H and O–H groups in total. The van der Waals surface area contributed by atoms with Gasteiger partial charge < -0.3 is 21.4 Å². The normalized spacial score (nSPS) is 13.8. The Bertz CT molecular complexity index is 5970. The molecule has 9 heterocycles. The van der Waals surface area contributed by atoms with Crippen molar-refractivity contribution >= 4 is 154 Å². The van der Waals surface area contributed by atoms with Gasteiger partial charge in [0, 0.05) is 124 Å². The van der Waals surface area contributed by atoms with E-state index in [2.05, 4.69) is 119 Å². The molecule has 114 heavy (non-hydrogen) atoms. The third-order valence-electron chi connectivity index (χ3n) is 20.8. The second kappa shape index (κ2) is 37.9. The summed E-state index contributed by atoms with van der Waals surface area (Å²) in [5, 5.41) is 37.6. The van der Waals surface area contributed by atoms with Crippen molar-refractivity contribution in [3.8, 4) is 39.1 Å². The van der Waals surface area contributed by atoms with E-state index in [-0.39, 0.29) is 28.4 Å². The molecule has 0 bridgehead atoms. The fraction of sp³-hybridized carbons (Fsp3) is 0.270. The number of aryl methyl sites for hydroxylation is 8. The van der Waals surface area contributed by atoms with Gasteiger partial charge in [0.1, 0.15) is 55.6 Å². The van der Waals surface area contributed by atoms with Gasteiger partial charge in [-0.3, -0.25) is 18.7 Å². The van der Waals surface area contributed by atoms with Crippen molar-refractivity contribution in [3.63, 3.8) is 0 Å². The summed E-state index contributed by atoms with van der Waals surface area (Å²) in [5.41, 5.74) is 17.3. The quantitative estimate of drug-likeness (QED) is 0.0513. The molecule has 19 rings (SSSR count). The Morgan fingerprint density at radius 1 is 0.421 bits per heavy atom. The van der Waals surface area contributed by atoms with Gasteiger partial charge in [0.25, 0.3) is 0 Å². The number of rotatable bonds is 7. The van der Waals surface area contributed by atoms with Crippen LogP contribution in [0.5, 0.6) is 5.75 Å². The van der Waals surface area contributed by atoms with Crippen molar-refractivity contribution in [3.05, 3.63) is 248 Å². The molecule has 8 aromatic carbocycles. The minimum absolute atomic E-state index is 0.242. The van der Waals surface area contributed by atoms with Gasteiger partial charge >= 0.3 is 42.2 Å². The van der Waals surface area contributed by atoms with Crippen LogP contribution < -0.4 is 9.97 Å². The predicted molar refractivity (Wildman–Crippen MR) is 464 cm³/mol. The molecular formula is C89H85BBrCl2F4IN13O2Zn. The van der Waals surface area contributed by atoms with Gasteiger partial charge in [0.05, 0.1) is 22.1 Å². The summed E-state index contributed by atoms with van der Waals surface area (Å²) in [6.07, 6.45) is 25.6. The van der Waals surface area contributed by atoms with E-state index >= 15 is 8.78 Å². The van der Waals surface area contributed by atoms with E-state index in [0.717, 1.165) is 158 Å². The molecule has 3 aliphatic rings. The molecule has 2 saturated carbocycles. The zero-order valence-corrected chi connectivity index (χ0v) is 73.1. The molecule has 2 aliphatic carbocycles. The van der Waals surface area contributed by atoms with E-state index in [1.54, 1.807) is 51.8 Å². The monoisotopic (exact) mass is 1790 g/mol. The molecule has 3 fully saturated rings. The van der Waals surface area contributed by atoms with E-state index < -0.39 is 0 Å². The molecule has 8 aromatic heterocycles. The second-order valence-electron chi connectivity index (χ2n) is 29.4. The Morgan fingerprint density at radius 2 is 0.754 bits per heavy atom. The second-order valence-corrected chi connectivity index (χ2v) is 31.1. The van der Waals surface area contributed by atoms with Gasteiger partial charge in [-0.2, -0.15) is 33.2 Å². The molecule has 25 heteroatoms. The summed E-state index contributed by atoms with van der Waals surface area (Å²) in [6.45, 7) is 10.1. The van der Waals surface area contributed by atoms with Crippen molar-refractivity contribution in [2.75, 3.05) is 13.1 Å². The van der Waals surface area contributed by atoms with Crippen LogP contribution in [-0.2, 0) is 43.0 Å². The van der Waals surface area contributed by atoms with E-state index in [1.165, 1.54) is 91.1 Å². The maximum atomic E-state index is 15.0. The number of hydrogen-bond acceptors (Lipinski definition) is 11. The molecule has 0 atom stereocenters. The van der Waals surface area contributed by atoms with Crippen molar-refractivity contribution in [1.29, 1.82) is 0 Å².